The first-order valence-corrected chi connectivity index (χ1v) is 10.1. The number of carbonyl (C=O) groups excluding carboxylic acids is 1. The van der Waals surface area contributed by atoms with Crippen molar-refractivity contribution in [3.63, 3.8) is 0 Å². The summed E-state index contributed by atoms with van der Waals surface area (Å²) in [7, 11) is 0. The van der Waals surface area contributed by atoms with Gasteiger partial charge in [-0.3, -0.25) is 4.79 Å². The van der Waals surface area contributed by atoms with Crippen LogP contribution in [-0.2, 0) is 4.79 Å². The zero-order valence-electron chi connectivity index (χ0n) is 17.5. The molecule has 1 atom stereocenters. The SMILES string of the molecule is CCOc1c(Cl)cc(Oc2ccc3cc(C(C)NC(C)=O)ccc3c2)cc1OC(F)(F)F. The van der Waals surface area contributed by atoms with Crippen molar-refractivity contribution in [3.05, 3.63) is 59.1 Å². The van der Waals surface area contributed by atoms with E-state index in [1.165, 1.54) is 13.0 Å². The Morgan fingerprint density at radius 1 is 1.06 bits per heavy atom. The zero-order chi connectivity index (χ0) is 23.5. The molecular formula is C23H21ClF3NO4. The first kappa shape index (κ1) is 23.5. The van der Waals surface area contributed by atoms with Crippen LogP contribution in [0.2, 0.25) is 5.02 Å². The summed E-state index contributed by atoms with van der Waals surface area (Å²) < 4.78 is 53.4. The summed E-state index contributed by atoms with van der Waals surface area (Å²) >= 11 is 6.10. The molecule has 0 radical (unpaired) electrons. The van der Waals surface area contributed by atoms with Crippen molar-refractivity contribution < 1.29 is 32.2 Å². The lowest BCUT2D eigenvalue weighted by Crippen LogP contribution is -2.23. The van der Waals surface area contributed by atoms with Gasteiger partial charge in [-0.1, -0.05) is 29.8 Å². The van der Waals surface area contributed by atoms with Crippen molar-refractivity contribution in [2.45, 2.75) is 33.2 Å². The maximum Gasteiger partial charge on any atom is 0.573 e. The maximum absolute atomic E-state index is 12.8. The number of alkyl halides is 3. The summed E-state index contributed by atoms with van der Waals surface area (Å²) in [6.45, 7) is 5.08. The number of ether oxygens (including phenoxy) is 3. The highest BCUT2D eigenvalue weighted by atomic mass is 35.5. The van der Waals surface area contributed by atoms with Gasteiger partial charge in [0.1, 0.15) is 11.5 Å². The van der Waals surface area contributed by atoms with Crippen LogP contribution in [0.3, 0.4) is 0 Å². The van der Waals surface area contributed by atoms with Gasteiger partial charge in [0.25, 0.3) is 0 Å². The number of rotatable bonds is 7. The fourth-order valence-corrected chi connectivity index (χ4v) is 3.44. The molecule has 0 spiro atoms. The largest absolute Gasteiger partial charge is 0.573 e. The third-order valence-corrected chi connectivity index (χ3v) is 4.77. The van der Waals surface area contributed by atoms with E-state index in [2.05, 4.69) is 10.1 Å². The maximum atomic E-state index is 12.8. The second-order valence-electron chi connectivity index (χ2n) is 7.01. The number of amides is 1. The molecule has 1 amide bonds. The van der Waals surface area contributed by atoms with Crippen molar-refractivity contribution in [3.8, 4) is 23.0 Å². The van der Waals surface area contributed by atoms with Crippen LogP contribution in [-0.4, -0.2) is 18.9 Å². The fourth-order valence-electron chi connectivity index (χ4n) is 3.19. The standard InChI is InChI=1S/C23H21ClF3NO4/c1-4-30-22-20(24)11-19(12-21(22)32-23(25,26)27)31-18-8-7-16-9-15(5-6-17(16)10-18)13(2)28-14(3)29/h5-13H,4H2,1-3H3,(H,28,29). The molecular weight excluding hydrogens is 447 g/mol. The molecule has 3 aromatic rings. The molecule has 0 fully saturated rings. The topological polar surface area (TPSA) is 56.8 Å². The van der Waals surface area contributed by atoms with E-state index >= 15 is 0 Å². The fraction of sp³-hybridized carbons (Fsp3) is 0.261. The number of hydrogen-bond acceptors (Lipinski definition) is 4. The summed E-state index contributed by atoms with van der Waals surface area (Å²) in [5, 5.41) is 4.53. The van der Waals surface area contributed by atoms with E-state index in [4.69, 9.17) is 21.1 Å². The van der Waals surface area contributed by atoms with Gasteiger partial charge < -0.3 is 19.5 Å². The second-order valence-corrected chi connectivity index (χ2v) is 7.41. The van der Waals surface area contributed by atoms with E-state index in [0.717, 1.165) is 22.4 Å². The molecule has 9 heteroatoms. The molecule has 170 valence electrons. The van der Waals surface area contributed by atoms with Crippen molar-refractivity contribution in [1.29, 1.82) is 0 Å². The van der Waals surface area contributed by atoms with Gasteiger partial charge >= 0.3 is 6.36 Å². The lowest BCUT2D eigenvalue weighted by molar-refractivity contribution is -0.275. The highest BCUT2D eigenvalue weighted by molar-refractivity contribution is 6.32. The first-order chi connectivity index (χ1) is 15.1. The predicted molar refractivity (Wildman–Crippen MR) is 116 cm³/mol. The second kappa shape index (κ2) is 9.56. The zero-order valence-corrected chi connectivity index (χ0v) is 18.3. The van der Waals surface area contributed by atoms with Crippen LogP contribution in [0.5, 0.6) is 23.0 Å². The Morgan fingerprint density at radius 3 is 2.41 bits per heavy atom. The monoisotopic (exact) mass is 467 g/mol. The minimum absolute atomic E-state index is 0.0629. The van der Waals surface area contributed by atoms with E-state index in [0.29, 0.717) is 5.75 Å². The van der Waals surface area contributed by atoms with Crippen LogP contribution in [0, 0.1) is 0 Å². The third-order valence-electron chi connectivity index (χ3n) is 4.49. The Kier molecular flexibility index (Phi) is 7.03. The number of benzene rings is 3. The Labute approximate surface area is 188 Å². The number of fused-ring (bicyclic) bond motifs is 1. The molecule has 5 nitrogen and oxygen atoms in total. The van der Waals surface area contributed by atoms with Crippen molar-refractivity contribution >= 4 is 28.3 Å². The first-order valence-electron chi connectivity index (χ1n) is 9.76. The molecule has 0 saturated heterocycles. The van der Waals surface area contributed by atoms with Crippen LogP contribution in [0.4, 0.5) is 13.2 Å². The third kappa shape index (κ3) is 5.97. The van der Waals surface area contributed by atoms with E-state index < -0.39 is 12.1 Å². The lowest BCUT2D eigenvalue weighted by atomic mass is 10.0. The summed E-state index contributed by atoms with van der Waals surface area (Å²) in [4.78, 5) is 11.3. The van der Waals surface area contributed by atoms with Crippen LogP contribution in [0.1, 0.15) is 32.4 Å². The Balaban J connectivity index is 1.89. The quantitative estimate of drug-likeness (QED) is 0.416. The molecule has 3 aromatic carbocycles. The molecule has 1 unspecified atom stereocenters. The highest BCUT2D eigenvalue weighted by Crippen LogP contribution is 2.42. The average Bonchev–Trinajstić information content (AvgIpc) is 2.68. The highest BCUT2D eigenvalue weighted by Gasteiger charge is 2.33. The van der Waals surface area contributed by atoms with Crippen LogP contribution >= 0.6 is 11.6 Å². The molecule has 0 aliphatic heterocycles. The van der Waals surface area contributed by atoms with Gasteiger partial charge in [0.15, 0.2) is 11.5 Å². The van der Waals surface area contributed by atoms with Gasteiger partial charge in [-0.05, 0) is 48.4 Å². The normalized spacial score (nSPS) is 12.3. The summed E-state index contributed by atoms with van der Waals surface area (Å²) in [6.07, 6.45) is -4.91. The Hall–Kier alpha value is -3.13. The number of halogens is 4. The van der Waals surface area contributed by atoms with E-state index in [1.54, 1.807) is 19.1 Å². The molecule has 0 bridgehead atoms. The molecule has 0 heterocycles. The minimum Gasteiger partial charge on any atom is -0.488 e. The molecule has 0 aromatic heterocycles. The van der Waals surface area contributed by atoms with E-state index in [1.807, 2.05) is 31.2 Å². The van der Waals surface area contributed by atoms with Crippen molar-refractivity contribution in [2.75, 3.05) is 6.61 Å². The van der Waals surface area contributed by atoms with Gasteiger partial charge in [0, 0.05) is 19.1 Å². The summed E-state index contributed by atoms with van der Waals surface area (Å²) in [5.41, 5.74) is 0.939. The van der Waals surface area contributed by atoms with E-state index in [-0.39, 0.29) is 35.1 Å². The molecule has 3 rings (SSSR count). The molecule has 0 saturated carbocycles. The molecule has 0 aliphatic rings. The van der Waals surface area contributed by atoms with Gasteiger partial charge in [-0.2, -0.15) is 0 Å². The lowest BCUT2D eigenvalue weighted by Gasteiger charge is -2.17. The van der Waals surface area contributed by atoms with Crippen LogP contribution in [0.25, 0.3) is 10.8 Å². The minimum atomic E-state index is -4.91. The van der Waals surface area contributed by atoms with Crippen molar-refractivity contribution in [1.82, 2.24) is 5.32 Å². The number of hydrogen-bond donors (Lipinski definition) is 1. The molecule has 1 N–H and O–H groups in total. The van der Waals surface area contributed by atoms with Gasteiger partial charge in [0.05, 0.1) is 17.7 Å². The molecule has 0 aliphatic carbocycles. The van der Waals surface area contributed by atoms with Gasteiger partial charge in [-0.15, -0.1) is 13.2 Å². The number of nitrogens with one attached hydrogen (secondary N) is 1. The van der Waals surface area contributed by atoms with Crippen molar-refractivity contribution in [2.24, 2.45) is 0 Å². The predicted octanol–water partition coefficient (Wildman–Crippen LogP) is 6.78. The summed E-state index contributed by atoms with van der Waals surface area (Å²) in [5.74, 6) is -0.451. The van der Waals surface area contributed by atoms with Gasteiger partial charge in [-0.25, -0.2) is 0 Å². The van der Waals surface area contributed by atoms with E-state index in [9.17, 15) is 18.0 Å². The van der Waals surface area contributed by atoms with Crippen LogP contribution in [0.15, 0.2) is 48.5 Å². The van der Waals surface area contributed by atoms with Gasteiger partial charge in [0.2, 0.25) is 5.91 Å². The Bertz CT molecular complexity index is 1130. The smallest absolute Gasteiger partial charge is 0.488 e. The summed E-state index contributed by atoms with van der Waals surface area (Å²) in [6, 6.07) is 13.2. The number of carbonyl (C=O) groups is 1. The average molecular weight is 468 g/mol. The molecule has 32 heavy (non-hydrogen) atoms. The van der Waals surface area contributed by atoms with Crippen LogP contribution < -0.4 is 19.5 Å². The Morgan fingerprint density at radius 2 is 1.75 bits per heavy atom.